The molecule has 1 aromatic carbocycles. The number of benzene rings is 1. The summed E-state index contributed by atoms with van der Waals surface area (Å²) in [6.07, 6.45) is 0.408. The molecule has 7 heteroatoms. The molecular weight excluding hydrogens is 288 g/mol. The normalized spacial score (nSPS) is 11.9. The molecule has 0 radical (unpaired) electrons. The van der Waals surface area contributed by atoms with E-state index >= 15 is 0 Å². The first-order valence-electron chi connectivity index (χ1n) is 6.04. The lowest BCUT2D eigenvalue weighted by Crippen LogP contribution is -2.40. The van der Waals surface area contributed by atoms with E-state index < -0.39 is 23.6 Å². The van der Waals surface area contributed by atoms with Gasteiger partial charge < -0.3 is 10.4 Å². The van der Waals surface area contributed by atoms with Crippen molar-refractivity contribution in [2.24, 2.45) is 0 Å². The Bertz CT molecular complexity index is 497. The van der Waals surface area contributed by atoms with Gasteiger partial charge in [0, 0.05) is 17.1 Å². The monoisotopic (exact) mass is 303 g/mol. The molecule has 0 heterocycles. The van der Waals surface area contributed by atoms with E-state index in [1.807, 2.05) is 0 Å². The molecule has 1 unspecified atom stereocenters. The Morgan fingerprint density at radius 3 is 2.60 bits per heavy atom. The number of hydrogen-bond donors (Lipinski definition) is 2. The zero-order valence-corrected chi connectivity index (χ0v) is 11.7. The summed E-state index contributed by atoms with van der Waals surface area (Å²) in [5, 5.41) is 11.2. The molecule has 0 saturated carbocycles. The minimum absolute atomic E-state index is 0.105. The first-order chi connectivity index (χ1) is 9.43. The summed E-state index contributed by atoms with van der Waals surface area (Å²) in [7, 11) is 0. The van der Waals surface area contributed by atoms with Crippen molar-refractivity contribution in [2.45, 2.75) is 30.7 Å². The molecule has 0 spiro atoms. The summed E-state index contributed by atoms with van der Waals surface area (Å²) in [5.74, 6) is -2.95. The average molecular weight is 303 g/mol. The summed E-state index contributed by atoms with van der Waals surface area (Å²) in [6, 6.07) is 2.61. The van der Waals surface area contributed by atoms with Gasteiger partial charge in [0.2, 0.25) is 5.91 Å². The number of hydrogen-bond acceptors (Lipinski definition) is 3. The predicted octanol–water partition coefficient (Wildman–Crippen LogP) is 2.43. The highest BCUT2D eigenvalue weighted by Gasteiger charge is 2.17. The van der Waals surface area contributed by atoms with Gasteiger partial charge in [0.15, 0.2) is 11.6 Å². The summed E-state index contributed by atoms with van der Waals surface area (Å²) in [6.45, 7) is 1.66. The second kappa shape index (κ2) is 7.84. The molecule has 2 N–H and O–H groups in total. The van der Waals surface area contributed by atoms with Crippen molar-refractivity contribution < 1.29 is 23.5 Å². The van der Waals surface area contributed by atoms with Crippen molar-refractivity contribution in [1.82, 2.24) is 5.32 Å². The highest BCUT2D eigenvalue weighted by atomic mass is 32.2. The Balaban J connectivity index is 2.38. The Kier molecular flexibility index (Phi) is 6.44. The number of carboxylic acids is 1. The summed E-state index contributed by atoms with van der Waals surface area (Å²) >= 11 is 1.20. The Labute approximate surface area is 119 Å². The molecule has 1 aromatic rings. The van der Waals surface area contributed by atoms with E-state index in [9.17, 15) is 18.4 Å². The third-order valence-electron chi connectivity index (χ3n) is 2.53. The maximum atomic E-state index is 12.9. The van der Waals surface area contributed by atoms with Gasteiger partial charge >= 0.3 is 5.97 Å². The molecular formula is C13H15F2NO3S. The van der Waals surface area contributed by atoms with Gasteiger partial charge in [-0.15, -0.1) is 11.8 Å². The van der Waals surface area contributed by atoms with Crippen LogP contribution in [0.3, 0.4) is 0 Å². The number of carbonyl (C=O) groups is 2. The highest BCUT2D eigenvalue weighted by Crippen LogP contribution is 2.20. The lowest BCUT2D eigenvalue weighted by atomic mass is 10.2. The van der Waals surface area contributed by atoms with Crippen LogP contribution in [0, 0.1) is 11.6 Å². The first-order valence-corrected chi connectivity index (χ1v) is 7.02. The van der Waals surface area contributed by atoms with E-state index in [4.69, 9.17) is 5.11 Å². The number of aliphatic carboxylic acids is 1. The quantitative estimate of drug-likeness (QED) is 0.759. The Morgan fingerprint density at radius 2 is 2.05 bits per heavy atom. The molecule has 4 nitrogen and oxygen atoms in total. The van der Waals surface area contributed by atoms with Gasteiger partial charge in [0.25, 0.3) is 0 Å². The molecule has 20 heavy (non-hydrogen) atoms. The third kappa shape index (κ3) is 5.16. The molecule has 0 aliphatic heterocycles. The van der Waals surface area contributed by atoms with E-state index in [1.54, 1.807) is 6.92 Å². The van der Waals surface area contributed by atoms with Crippen LogP contribution in [0.2, 0.25) is 0 Å². The number of carbonyl (C=O) groups excluding carboxylic acids is 1. The van der Waals surface area contributed by atoms with Crippen LogP contribution < -0.4 is 5.32 Å². The second-order valence-corrected chi connectivity index (χ2v) is 5.21. The number of carboxylic acid groups (broad SMARTS) is 1. The van der Waals surface area contributed by atoms with Crippen molar-refractivity contribution in [3.05, 3.63) is 29.8 Å². The number of rotatable bonds is 7. The largest absolute Gasteiger partial charge is 0.480 e. The molecule has 0 aromatic heterocycles. The molecule has 0 aliphatic rings. The summed E-state index contributed by atoms with van der Waals surface area (Å²) < 4.78 is 25.6. The lowest BCUT2D eigenvalue weighted by molar-refractivity contribution is -0.141. The fraction of sp³-hybridized carbons (Fsp3) is 0.385. The average Bonchev–Trinajstić information content (AvgIpc) is 2.39. The zero-order chi connectivity index (χ0) is 15.1. The van der Waals surface area contributed by atoms with Crippen LogP contribution in [0.15, 0.2) is 23.1 Å². The topological polar surface area (TPSA) is 66.4 Å². The van der Waals surface area contributed by atoms with Crippen LogP contribution in [0.4, 0.5) is 8.78 Å². The molecule has 0 fully saturated rings. The van der Waals surface area contributed by atoms with Crippen LogP contribution in [0.25, 0.3) is 0 Å². The number of thioether (sulfide) groups is 1. The van der Waals surface area contributed by atoms with Crippen molar-refractivity contribution in [1.29, 1.82) is 0 Å². The minimum atomic E-state index is -1.07. The lowest BCUT2D eigenvalue weighted by Gasteiger charge is -2.11. The van der Waals surface area contributed by atoms with Gasteiger partial charge in [-0.25, -0.2) is 13.6 Å². The number of amides is 1. The fourth-order valence-electron chi connectivity index (χ4n) is 1.43. The SMILES string of the molecule is CCC(NC(=O)CCSc1ccc(F)c(F)c1)C(=O)O. The fourth-order valence-corrected chi connectivity index (χ4v) is 2.31. The van der Waals surface area contributed by atoms with E-state index in [1.165, 1.54) is 17.8 Å². The van der Waals surface area contributed by atoms with Crippen molar-refractivity contribution in [2.75, 3.05) is 5.75 Å². The van der Waals surface area contributed by atoms with Gasteiger partial charge in [-0.2, -0.15) is 0 Å². The van der Waals surface area contributed by atoms with Gasteiger partial charge in [0.05, 0.1) is 0 Å². The van der Waals surface area contributed by atoms with Crippen LogP contribution in [-0.4, -0.2) is 28.8 Å². The standard InChI is InChI=1S/C13H15F2NO3S/c1-2-11(13(18)19)16-12(17)5-6-20-8-3-4-9(14)10(15)7-8/h3-4,7,11H,2,5-6H2,1H3,(H,16,17)(H,18,19). The van der Waals surface area contributed by atoms with Crippen LogP contribution in [-0.2, 0) is 9.59 Å². The van der Waals surface area contributed by atoms with Crippen molar-refractivity contribution in [3.63, 3.8) is 0 Å². The molecule has 0 saturated heterocycles. The van der Waals surface area contributed by atoms with E-state index in [2.05, 4.69) is 5.32 Å². The smallest absolute Gasteiger partial charge is 0.326 e. The Hall–Kier alpha value is -1.63. The molecule has 110 valence electrons. The van der Waals surface area contributed by atoms with Crippen LogP contribution >= 0.6 is 11.8 Å². The predicted molar refractivity (Wildman–Crippen MR) is 71.6 cm³/mol. The first kappa shape index (κ1) is 16.4. The van der Waals surface area contributed by atoms with Crippen molar-refractivity contribution >= 4 is 23.6 Å². The molecule has 1 rings (SSSR count). The Morgan fingerprint density at radius 1 is 1.35 bits per heavy atom. The molecule has 0 bridgehead atoms. The van der Waals surface area contributed by atoms with Gasteiger partial charge in [-0.05, 0) is 24.6 Å². The van der Waals surface area contributed by atoms with Gasteiger partial charge in [-0.1, -0.05) is 6.92 Å². The maximum absolute atomic E-state index is 12.9. The van der Waals surface area contributed by atoms with Gasteiger partial charge in [0.1, 0.15) is 6.04 Å². The van der Waals surface area contributed by atoms with E-state index in [0.29, 0.717) is 17.1 Å². The second-order valence-electron chi connectivity index (χ2n) is 4.04. The van der Waals surface area contributed by atoms with Crippen LogP contribution in [0.5, 0.6) is 0 Å². The molecule has 0 aliphatic carbocycles. The molecule has 1 atom stereocenters. The summed E-state index contributed by atoms with van der Waals surface area (Å²) in [4.78, 5) is 22.8. The zero-order valence-electron chi connectivity index (χ0n) is 10.9. The van der Waals surface area contributed by atoms with Crippen molar-refractivity contribution in [3.8, 4) is 0 Å². The maximum Gasteiger partial charge on any atom is 0.326 e. The number of halogens is 2. The van der Waals surface area contributed by atoms with E-state index in [0.717, 1.165) is 12.1 Å². The van der Waals surface area contributed by atoms with E-state index in [-0.39, 0.29) is 12.3 Å². The molecule has 1 amide bonds. The van der Waals surface area contributed by atoms with Crippen LogP contribution in [0.1, 0.15) is 19.8 Å². The third-order valence-corrected chi connectivity index (χ3v) is 3.53. The summed E-state index contributed by atoms with van der Waals surface area (Å²) in [5.41, 5.74) is 0. The van der Waals surface area contributed by atoms with Gasteiger partial charge in [-0.3, -0.25) is 4.79 Å². The minimum Gasteiger partial charge on any atom is -0.480 e. The number of nitrogens with one attached hydrogen (secondary N) is 1. The highest BCUT2D eigenvalue weighted by molar-refractivity contribution is 7.99.